The molecule has 0 aliphatic carbocycles. The van der Waals surface area contributed by atoms with Gasteiger partial charge in [-0.3, -0.25) is 4.79 Å². The number of nitrogens with one attached hydrogen (secondary N) is 1. The number of amides is 1. The van der Waals surface area contributed by atoms with E-state index in [4.69, 9.17) is 14.0 Å². The van der Waals surface area contributed by atoms with Crippen molar-refractivity contribution in [3.8, 4) is 11.4 Å². The molecule has 1 saturated heterocycles. The van der Waals surface area contributed by atoms with Crippen LogP contribution in [0.3, 0.4) is 0 Å². The first kappa shape index (κ1) is 17.6. The van der Waals surface area contributed by atoms with Crippen LogP contribution >= 0.6 is 0 Å². The number of benzene rings is 1. The lowest BCUT2D eigenvalue weighted by Gasteiger charge is -2.31. The Labute approximate surface area is 146 Å². The Kier molecular flexibility index (Phi) is 5.45. The molecule has 1 aromatic carbocycles. The van der Waals surface area contributed by atoms with Gasteiger partial charge in [0.15, 0.2) is 0 Å². The number of ether oxygens (including phenoxy) is 2. The maximum atomic E-state index is 12.4. The summed E-state index contributed by atoms with van der Waals surface area (Å²) in [7, 11) is 1.65. The van der Waals surface area contributed by atoms with Gasteiger partial charge in [-0.15, -0.1) is 0 Å². The highest BCUT2D eigenvalue weighted by Gasteiger charge is 2.27. The van der Waals surface area contributed by atoms with Crippen LogP contribution < -0.4 is 5.32 Å². The molecule has 1 aliphatic rings. The Balaban J connectivity index is 1.67. The highest BCUT2D eigenvalue weighted by atomic mass is 16.5. The van der Waals surface area contributed by atoms with Crippen LogP contribution in [-0.2, 0) is 9.47 Å². The molecule has 7 nitrogen and oxygen atoms in total. The summed E-state index contributed by atoms with van der Waals surface area (Å²) in [5.41, 5.74) is 1.37. The minimum Gasteiger partial charge on any atom is -0.379 e. The average molecular weight is 345 g/mol. The molecule has 7 heteroatoms. The number of carbonyl (C=O) groups is 1. The fraction of sp³-hybridized carbons (Fsp3) is 0.500. The van der Waals surface area contributed by atoms with Crippen LogP contribution in [0.15, 0.2) is 28.8 Å². The average Bonchev–Trinajstić information content (AvgIpc) is 3.13. The molecule has 2 heterocycles. The second-order valence-electron chi connectivity index (χ2n) is 6.41. The van der Waals surface area contributed by atoms with E-state index in [2.05, 4.69) is 15.5 Å². The number of aromatic nitrogens is 2. The molecule has 2 aromatic rings. The molecular weight excluding hydrogens is 322 g/mol. The van der Waals surface area contributed by atoms with Crippen LogP contribution in [0.5, 0.6) is 0 Å². The first-order chi connectivity index (χ1) is 12.1. The summed E-state index contributed by atoms with van der Waals surface area (Å²) in [4.78, 5) is 16.8. The summed E-state index contributed by atoms with van der Waals surface area (Å²) in [6, 6.07) is 6.99. The standard InChI is InChI=1S/C18H23N3O4/c1-11(2)18-20-16(21-25-18)12-4-6-13(7-5-12)17(22)19-14-10-24-9-8-15(14)23-3/h4-7,11,14-15H,8-10H2,1-3H3,(H,19,22)/t14-,15-/m1/s1. The monoisotopic (exact) mass is 345 g/mol. The Morgan fingerprint density at radius 2 is 2.08 bits per heavy atom. The van der Waals surface area contributed by atoms with Gasteiger partial charge in [-0.25, -0.2) is 0 Å². The fourth-order valence-corrected chi connectivity index (χ4v) is 2.74. The summed E-state index contributed by atoms with van der Waals surface area (Å²) >= 11 is 0. The van der Waals surface area contributed by atoms with Crippen LogP contribution in [0.4, 0.5) is 0 Å². The van der Waals surface area contributed by atoms with Gasteiger partial charge in [0.1, 0.15) is 0 Å². The van der Waals surface area contributed by atoms with E-state index in [0.717, 1.165) is 12.0 Å². The van der Waals surface area contributed by atoms with Crippen LogP contribution in [0.25, 0.3) is 11.4 Å². The first-order valence-electron chi connectivity index (χ1n) is 8.44. The summed E-state index contributed by atoms with van der Waals surface area (Å²) in [5.74, 6) is 1.15. The molecule has 0 bridgehead atoms. The number of hydrogen-bond acceptors (Lipinski definition) is 6. The van der Waals surface area contributed by atoms with Crippen molar-refractivity contribution < 1.29 is 18.8 Å². The molecule has 3 rings (SSSR count). The van der Waals surface area contributed by atoms with Gasteiger partial charge in [-0.2, -0.15) is 4.98 Å². The van der Waals surface area contributed by atoms with Gasteiger partial charge in [-0.1, -0.05) is 31.1 Å². The summed E-state index contributed by atoms with van der Waals surface area (Å²) in [6.07, 6.45) is 0.752. The molecule has 0 radical (unpaired) electrons. The highest BCUT2D eigenvalue weighted by Crippen LogP contribution is 2.20. The zero-order valence-electron chi connectivity index (χ0n) is 14.7. The number of carbonyl (C=O) groups excluding carboxylic acids is 1. The SMILES string of the molecule is CO[C@@H]1CCOC[C@H]1NC(=O)c1ccc(-c2noc(C(C)C)n2)cc1. The van der Waals surface area contributed by atoms with Crippen molar-refractivity contribution in [2.75, 3.05) is 20.3 Å². The second kappa shape index (κ2) is 7.76. The highest BCUT2D eigenvalue weighted by molar-refractivity contribution is 5.94. The van der Waals surface area contributed by atoms with Crippen molar-refractivity contribution in [2.24, 2.45) is 0 Å². The number of methoxy groups -OCH3 is 1. The van der Waals surface area contributed by atoms with E-state index < -0.39 is 0 Å². The quantitative estimate of drug-likeness (QED) is 0.895. The van der Waals surface area contributed by atoms with Crippen molar-refractivity contribution in [1.29, 1.82) is 0 Å². The molecule has 0 unspecified atom stereocenters. The fourth-order valence-electron chi connectivity index (χ4n) is 2.74. The molecule has 1 fully saturated rings. The Morgan fingerprint density at radius 3 is 2.72 bits per heavy atom. The Morgan fingerprint density at radius 1 is 1.32 bits per heavy atom. The second-order valence-corrected chi connectivity index (χ2v) is 6.41. The summed E-state index contributed by atoms with van der Waals surface area (Å²) < 4.78 is 16.1. The lowest BCUT2D eigenvalue weighted by atomic mass is 10.1. The molecule has 1 aliphatic heterocycles. The molecule has 1 amide bonds. The topological polar surface area (TPSA) is 86.5 Å². The van der Waals surface area contributed by atoms with Crippen molar-refractivity contribution >= 4 is 5.91 Å². The number of rotatable bonds is 5. The molecule has 0 spiro atoms. The molecular formula is C18H23N3O4. The van der Waals surface area contributed by atoms with Gasteiger partial charge < -0.3 is 19.3 Å². The molecule has 0 saturated carbocycles. The largest absolute Gasteiger partial charge is 0.379 e. The summed E-state index contributed by atoms with van der Waals surface area (Å²) in [6.45, 7) is 5.10. The van der Waals surface area contributed by atoms with E-state index in [9.17, 15) is 4.79 Å². The zero-order chi connectivity index (χ0) is 17.8. The normalized spacial score (nSPS) is 20.6. The van der Waals surface area contributed by atoms with Gasteiger partial charge in [0.2, 0.25) is 11.7 Å². The van der Waals surface area contributed by atoms with E-state index in [1.165, 1.54) is 0 Å². The zero-order valence-corrected chi connectivity index (χ0v) is 14.7. The third-order valence-electron chi connectivity index (χ3n) is 4.25. The smallest absolute Gasteiger partial charge is 0.251 e. The van der Waals surface area contributed by atoms with Crippen molar-refractivity contribution in [3.05, 3.63) is 35.7 Å². The van der Waals surface area contributed by atoms with Crippen LogP contribution in [0, 0.1) is 0 Å². The van der Waals surface area contributed by atoms with Gasteiger partial charge in [-0.05, 0) is 18.6 Å². The molecule has 1 aromatic heterocycles. The lowest BCUT2D eigenvalue weighted by molar-refractivity contribution is -0.0349. The van der Waals surface area contributed by atoms with E-state index in [1.54, 1.807) is 19.2 Å². The van der Waals surface area contributed by atoms with Crippen molar-refractivity contribution in [3.63, 3.8) is 0 Å². The van der Waals surface area contributed by atoms with Gasteiger partial charge in [0, 0.05) is 30.8 Å². The van der Waals surface area contributed by atoms with E-state index in [-0.39, 0.29) is 24.0 Å². The predicted octanol–water partition coefficient (Wildman–Crippen LogP) is 2.39. The number of nitrogens with zero attached hydrogens (tertiary/aromatic N) is 2. The van der Waals surface area contributed by atoms with Crippen molar-refractivity contribution in [2.45, 2.75) is 38.3 Å². The van der Waals surface area contributed by atoms with E-state index in [1.807, 2.05) is 26.0 Å². The van der Waals surface area contributed by atoms with E-state index >= 15 is 0 Å². The Bertz CT molecular complexity index is 711. The third-order valence-corrected chi connectivity index (χ3v) is 4.25. The minimum absolute atomic E-state index is 0.0224. The molecule has 134 valence electrons. The van der Waals surface area contributed by atoms with E-state index in [0.29, 0.717) is 30.5 Å². The summed E-state index contributed by atoms with van der Waals surface area (Å²) in [5, 5.41) is 6.95. The van der Waals surface area contributed by atoms with Gasteiger partial charge in [0.25, 0.3) is 5.91 Å². The Hall–Kier alpha value is -2.25. The minimum atomic E-state index is -0.153. The lowest BCUT2D eigenvalue weighted by Crippen LogP contribution is -2.50. The maximum Gasteiger partial charge on any atom is 0.251 e. The first-order valence-corrected chi connectivity index (χ1v) is 8.44. The van der Waals surface area contributed by atoms with Crippen LogP contribution in [-0.4, -0.2) is 48.5 Å². The molecule has 25 heavy (non-hydrogen) atoms. The molecule has 1 N–H and O–H groups in total. The van der Waals surface area contributed by atoms with Gasteiger partial charge in [0.05, 0.1) is 18.8 Å². The maximum absolute atomic E-state index is 12.4. The third kappa shape index (κ3) is 4.05. The van der Waals surface area contributed by atoms with Crippen LogP contribution in [0.1, 0.15) is 42.4 Å². The van der Waals surface area contributed by atoms with Crippen molar-refractivity contribution in [1.82, 2.24) is 15.5 Å². The predicted molar refractivity (Wildman–Crippen MR) is 91.3 cm³/mol. The van der Waals surface area contributed by atoms with Crippen LogP contribution in [0.2, 0.25) is 0 Å². The molecule has 2 atom stereocenters. The van der Waals surface area contributed by atoms with Gasteiger partial charge >= 0.3 is 0 Å². The number of hydrogen-bond donors (Lipinski definition) is 1.